The number of rotatable bonds is 10. The van der Waals surface area contributed by atoms with E-state index in [9.17, 15) is 19.2 Å². The van der Waals surface area contributed by atoms with Gasteiger partial charge in [-0.15, -0.1) is 5.06 Å². The van der Waals surface area contributed by atoms with Crippen molar-refractivity contribution in [2.45, 2.75) is 137 Å². The molecule has 0 spiro atoms. The van der Waals surface area contributed by atoms with Crippen molar-refractivity contribution < 1.29 is 28.8 Å². The van der Waals surface area contributed by atoms with Crippen LogP contribution in [0.5, 0.6) is 0 Å². The number of hydrogen-bond acceptors (Lipinski definition) is 6. The van der Waals surface area contributed by atoms with Gasteiger partial charge in [-0.3, -0.25) is 14.4 Å². The van der Waals surface area contributed by atoms with E-state index in [1.54, 1.807) is 0 Å². The Balaban J connectivity index is 1.14. The zero-order valence-corrected chi connectivity index (χ0v) is 26.6. The Bertz CT molecular complexity index is 1080. The molecule has 2 amide bonds. The molecule has 1 saturated heterocycles. The molecule has 0 bridgehead atoms. The number of carbonyl (C=O) groups is 4. The first-order chi connectivity index (χ1) is 19.9. The van der Waals surface area contributed by atoms with Crippen LogP contribution in [0.1, 0.15) is 131 Å². The minimum Gasteiger partial charge on any atom is -0.462 e. The lowest BCUT2D eigenvalue weighted by Gasteiger charge is -2.58. The molecule has 4 aliphatic carbocycles. The molecule has 4 unspecified atom stereocenters. The minimum atomic E-state index is -0.767. The predicted octanol–water partition coefficient (Wildman–Crippen LogP) is 7.33. The average Bonchev–Trinajstić information content (AvgIpc) is 3.45. The Hall–Kier alpha value is -2.18. The average molecular weight is 584 g/mol. The third-order valence-corrected chi connectivity index (χ3v) is 12.3. The molecule has 0 aromatic rings. The number of nitrogens with zero attached hydrogens (tertiary/aromatic N) is 1. The molecule has 0 N–H and O–H groups in total. The summed E-state index contributed by atoms with van der Waals surface area (Å²) >= 11 is 0. The smallest absolute Gasteiger partial charge is 0.333 e. The molecule has 5 aliphatic rings. The number of hydroxylamine groups is 2. The second-order valence-corrected chi connectivity index (χ2v) is 15.2. The van der Waals surface area contributed by atoms with Gasteiger partial charge in [-0.1, -0.05) is 65.5 Å². The fraction of sp³-hybridized carbons (Fsp3) is 0.829. The van der Waals surface area contributed by atoms with Crippen LogP contribution in [0, 0.1) is 46.3 Å². The molecule has 1 aliphatic heterocycles. The highest BCUT2D eigenvalue weighted by atomic mass is 16.7. The molecule has 5 rings (SSSR count). The topological polar surface area (TPSA) is 90.0 Å². The first-order valence-corrected chi connectivity index (χ1v) is 16.9. The normalized spacial score (nSPS) is 36.7. The van der Waals surface area contributed by atoms with Gasteiger partial charge in [-0.25, -0.2) is 4.79 Å². The number of fused-ring (bicyclic) bond motifs is 5. The van der Waals surface area contributed by atoms with E-state index < -0.39 is 23.8 Å². The lowest BCUT2D eigenvalue weighted by molar-refractivity contribution is -0.197. The summed E-state index contributed by atoms with van der Waals surface area (Å²) in [7, 11) is 0. The minimum absolute atomic E-state index is 0.0461. The molecule has 0 aromatic heterocycles. The van der Waals surface area contributed by atoms with E-state index in [2.05, 4.69) is 40.7 Å². The molecule has 0 aromatic carbocycles. The summed E-state index contributed by atoms with van der Waals surface area (Å²) in [6, 6.07) is 0. The van der Waals surface area contributed by atoms with Crippen molar-refractivity contribution in [1.82, 2.24) is 5.06 Å². The van der Waals surface area contributed by atoms with Crippen LogP contribution in [-0.2, 0) is 28.8 Å². The lowest BCUT2D eigenvalue weighted by Crippen LogP contribution is -2.51. The van der Waals surface area contributed by atoms with Crippen molar-refractivity contribution in [2.75, 3.05) is 0 Å². The third kappa shape index (κ3) is 6.08. The number of esters is 1. The standard InChI is InChI=1S/C35H53NO6/c1-22(2)7-6-8-23(3)27-11-12-28-26-10-9-24-21-25(17-19-34(24,4)29(26)18-20-35(27,28)5)41-32(39)15-16-33(40)42-36-30(37)13-14-31(36)38/h9,22-23,25-29H,6-8,10-21H2,1-5H3/t23?,25-,26?,27+,28-,29-,34?,35?/m0/s1. The van der Waals surface area contributed by atoms with Gasteiger partial charge in [0.1, 0.15) is 6.10 Å². The van der Waals surface area contributed by atoms with Gasteiger partial charge in [0, 0.05) is 19.3 Å². The highest BCUT2D eigenvalue weighted by Crippen LogP contribution is 2.67. The second kappa shape index (κ2) is 12.4. The number of allylic oxidation sites excluding steroid dienone is 1. The number of carbonyl (C=O) groups excluding carboxylic acids is 4. The first-order valence-electron chi connectivity index (χ1n) is 16.9. The molecular formula is C35H53NO6. The molecule has 42 heavy (non-hydrogen) atoms. The van der Waals surface area contributed by atoms with E-state index in [4.69, 9.17) is 9.57 Å². The molecule has 0 radical (unpaired) electrons. The SMILES string of the molecule is CC(C)CCCC(C)[C@H]1CC[C@H]2C3CC=C4C[C@@H](OC(=O)CCC(=O)ON5C(=O)CCC5=O)CCC4(C)[C@H]3CCC12C. The number of imide groups is 1. The van der Waals surface area contributed by atoms with Gasteiger partial charge in [0.25, 0.3) is 11.8 Å². The fourth-order valence-electron chi connectivity index (χ4n) is 10.0. The maximum atomic E-state index is 12.6. The monoisotopic (exact) mass is 583 g/mol. The molecule has 7 heteroatoms. The summed E-state index contributed by atoms with van der Waals surface area (Å²) in [5.74, 6) is 2.54. The summed E-state index contributed by atoms with van der Waals surface area (Å²) < 4.78 is 5.82. The van der Waals surface area contributed by atoms with Gasteiger partial charge < -0.3 is 9.57 Å². The van der Waals surface area contributed by atoms with Crippen LogP contribution < -0.4 is 0 Å². The Morgan fingerprint density at radius 1 is 0.929 bits per heavy atom. The Morgan fingerprint density at radius 2 is 1.64 bits per heavy atom. The van der Waals surface area contributed by atoms with E-state index in [0.29, 0.717) is 16.4 Å². The van der Waals surface area contributed by atoms with Crippen molar-refractivity contribution in [3.63, 3.8) is 0 Å². The molecular weight excluding hydrogens is 530 g/mol. The predicted molar refractivity (Wildman–Crippen MR) is 159 cm³/mol. The van der Waals surface area contributed by atoms with Crippen LogP contribution >= 0.6 is 0 Å². The summed E-state index contributed by atoms with van der Waals surface area (Å²) in [4.78, 5) is 52.9. The maximum Gasteiger partial charge on any atom is 0.333 e. The summed E-state index contributed by atoms with van der Waals surface area (Å²) in [6.45, 7) is 12.3. The quantitative estimate of drug-likeness (QED) is 0.152. The summed E-state index contributed by atoms with van der Waals surface area (Å²) in [6.07, 6.45) is 15.5. The number of hydrogen-bond donors (Lipinski definition) is 0. The lowest BCUT2D eigenvalue weighted by atomic mass is 9.47. The van der Waals surface area contributed by atoms with E-state index in [1.807, 2.05) is 0 Å². The van der Waals surface area contributed by atoms with Crippen molar-refractivity contribution in [2.24, 2.45) is 46.3 Å². The van der Waals surface area contributed by atoms with E-state index in [1.165, 1.54) is 50.5 Å². The first kappa shape index (κ1) is 31.3. The van der Waals surface area contributed by atoms with Gasteiger partial charge >= 0.3 is 11.9 Å². The van der Waals surface area contributed by atoms with Gasteiger partial charge in [0.2, 0.25) is 0 Å². The van der Waals surface area contributed by atoms with Gasteiger partial charge in [-0.05, 0) is 91.3 Å². The Kier molecular flexibility index (Phi) is 9.25. The van der Waals surface area contributed by atoms with Crippen LogP contribution in [0.25, 0.3) is 0 Å². The van der Waals surface area contributed by atoms with Gasteiger partial charge in [0.05, 0.1) is 12.8 Å². The Morgan fingerprint density at radius 3 is 2.36 bits per heavy atom. The van der Waals surface area contributed by atoms with Gasteiger partial charge in [0.15, 0.2) is 0 Å². The van der Waals surface area contributed by atoms with Crippen LogP contribution in [0.4, 0.5) is 0 Å². The van der Waals surface area contributed by atoms with Crippen LogP contribution in [0.2, 0.25) is 0 Å². The van der Waals surface area contributed by atoms with E-state index >= 15 is 0 Å². The van der Waals surface area contributed by atoms with E-state index in [-0.39, 0.29) is 37.2 Å². The molecule has 3 saturated carbocycles. The third-order valence-electron chi connectivity index (χ3n) is 12.3. The molecule has 8 atom stereocenters. The number of ether oxygens (including phenoxy) is 1. The highest BCUT2D eigenvalue weighted by molar-refractivity contribution is 6.01. The van der Waals surface area contributed by atoms with Crippen molar-refractivity contribution in [1.29, 1.82) is 0 Å². The van der Waals surface area contributed by atoms with Crippen LogP contribution in [0.15, 0.2) is 11.6 Å². The zero-order valence-electron chi connectivity index (χ0n) is 26.6. The highest BCUT2D eigenvalue weighted by Gasteiger charge is 2.59. The van der Waals surface area contributed by atoms with Crippen LogP contribution in [0.3, 0.4) is 0 Å². The van der Waals surface area contributed by atoms with E-state index in [0.717, 1.165) is 55.3 Å². The summed E-state index contributed by atoms with van der Waals surface area (Å²) in [5, 5.41) is 0.520. The van der Waals surface area contributed by atoms with Crippen LogP contribution in [-0.4, -0.2) is 34.9 Å². The zero-order chi connectivity index (χ0) is 30.2. The molecule has 4 fully saturated rings. The van der Waals surface area contributed by atoms with Gasteiger partial charge in [-0.2, -0.15) is 0 Å². The Labute approximate surface area is 252 Å². The van der Waals surface area contributed by atoms with Crippen molar-refractivity contribution in [3.05, 3.63) is 11.6 Å². The second-order valence-electron chi connectivity index (χ2n) is 15.2. The largest absolute Gasteiger partial charge is 0.462 e. The maximum absolute atomic E-state index is 12.6. The summed E-state index contributed by atoms with van der Waals surface area (Å²) in [5.41, 5.74) is 2.13. The molecule has 1 heterocycles. The number of amides is 2. The fourth-order valence-corrected chi connectivity index (χ4v) is 10.0. The molecule has 7 nitrogen and oxygen atoms in total. The molecule has 234 valence electrons. The van der Waals surface area contributed by atoms with Crippen molar-refractivity contribution in [3.8, 4) is 0 Å². The van der Waals surface area contributed by atoms with Crippen molar-refractivity contribution >= 4 is 23.8 Å².